The molecule has 0 radical (unpaired) electrons. The lowest BCUT2D eigenvalue weighted by atomic mass is 10.4. The summed E-state index contributed by atoms with van der Waals surface area (Å²) >= 11 is 0. The van der Waals surface area contributed by atoms with Gasteiger partial charge in [0.25, 0.3) is 5.88 Å². The van der Waals surface area contributed by atoms with Gasteiger partial charge < -0.3 is 15.0 Å². The standard InChI is InChI=1S/C13H23N5O3/c1-5-17(6-2)9-8-14-12-11(18(19)20)13(21-7-3)16-10(4)15-12/h5-9H2,1-4H3,(H,14,15,16). The monoisotopic (exact) mass is 297 g/mol. The minimum Gasteiger partial charge on any atom is -0.473 e. The zero-order valence-electron chi connectivity index (χ0n) is 13.0. The average Bonchev–Trinajstić information content (AvgIpc) is 2.43. The Balaban J connectivity index is 2.91. The van der Waals surface area contributed by atoms with Crippen LogP contribution < -0.4 is 10.1 Å². The van der Waals surface area contributed by atoms with E-state index in [2.05, 4.69) is 34.0 Å². The number of ether oxygens (including phenoxy) is 1. The number of likely N-dealkylation sites (N-methyl/N-ethyl adjacent to an activating group) is 1. The van der Waals surface area contributed by atoms with E-state index in [9.17, 15) is 10.1 Å². The van der Waals surface area contributed by atoms with Crippen LogP contribution in [0.25, 0.3) is 0 Å². The van der Waals surface area contributed by atoms with Gasteiger partial charge in [-0.25, -0.2) is 4.98 Å². The van der Waals surface area contributed by atoms with Crippen LogP contribution in [0.2, 0.25) is 0 Å². The van der Waals surface area contributed by atoms with Gasteiger partial charge in [0.2, 0.25) is 5.82 Å². The van der Waals surface area contributed by atoms with Crippen LogP contribution in [0.1, 0.15) is 26.6 Å². The molecule has 0 saturated carbocycles. The predicted octanol–water partition coefficient (Wildman–Crippen LogP) is 1.85. The Morgan fingerprint density at radius 2 is 1.95 bits per heavy atom. The molecule has 0 unspecified atom stereocenters. The SMILES string of the molecule is CCOc1nc(C)nc(NCCN(CC)CC)c1[N+](=O)[O-]. The Bertz CT molecular complexity index is 477. The van der Waals surface area contributed by atoms with Crippen molar-refractivity contribution in [2.45, 2.75) is 27.7 Å². The van der Waals surface area contributed by atoms with Crippen molar-refractivity contribution in [1.82, 2.24) is 14.9 Å². The molecule has 118 valence electrons. The maximum absolute atomic E-state index is 11.2. The number of hydrogen-bond acceptors (Lipinski definition) is 7. The van der Waals surface area contributed by atoms with Crippen molar-refractivity contribution in [1.29, 1.82) is 0 Å². The van der Waals surface area contributed by atoms with Crippen LogP contribution in [0.3, 0.4) is 0 Å². The first-order chi connectivity index (χ1) is 10.0. The van der Waals surface area contributed by atoms with Gasteiger partial charge in [0.05, 0.1) is 11.5 Å². The molecule has 1 aromatic heterocycles. The van der Waals surface area contributed by atoms with Gasteiger partial charge in [-0.2, -0.15) is 4.98 Å². The third-order valence-electron chi connectivity index (χ3n) is 3.04. The first kappa shape index (κ1) is 17.1. The van der Waals surface area contributed by atoms with E-state index in [1.165, 1.54) is 0 Å². The predicted molar refractivity (Wildman–Crippen MR) is 80.9 cm³/mol. The lowest BCUT2D eigenvalue weighted by molar-refractivity contribution is -0.385. The summed E-state index contributed by atoms with van der Waals surface area (Å²) < 4.78 is 5.25. The van der Waals surface area contributed by atoms with Gasteiger partial charge in [0.1, 0.15) is 5.82 Å². The first-order valence-electron chi connectivity index (χ1n) is 7.15. The van der Waals surface area contributed by atoms with Crippen LogP contribution in [0, 0.1) is 17.0 Å². The summed E-state index contributed by atoms with van der Waals surface area (Å²) in [6.45, 7) is 11.1. The summed E-state index contributed by atoms with van der Waals surface area (Å²) in [7, 11) is 0. The molecular formula is C13H23N5O3. The van der Waals surface area contributed by atoms with Gasteiger partial charge in [0, 0.05) is 13.1 Å². The number of aromatic nitrogens is 2. The smallest absolute Gasteiger partial charge is 0.372 e. The lowest BCUT2D eigenvalue weighted by Crippen LogP contribution is -2.29. The maximum Gasteiger partial charge on any atom is 0.372 e. The zero-order chi connectivity index (χ0) is 15.8. The molecular weight excluding hydrogens is 274 g/mol. The van der Waals surface area contributed by atoms with Crippen LogP contribution in [0.5, 0.6) is 5.88 Å². The van der Waals surface area contributed by atoms with Crippen molar-refractivity contribution in [3.8, 4) is 5.88 Å². The topological polar surface area (TPSA) is 93.4 Å². The summed E-state index contributed by atoms with van der Waals surface area (Å²) in [5, 5.41) is 14.3. The number of nitro groups is 1. The molecule has 0 amide bonds. The van der Waals surface area contributed by atoms with E-state index in [1.807, 2.05) is 0 Å². The second-order valence-corrected chi connectivity index (χ2v) is 4.42. The number of nitrogens with zero attached hydrogens (tertiary/aromatic N) is 4. The molecule has 1 rings (SSSR count). The fourth-order valence-electron chi connectivity index (χ4n) is 1.94. The Hall–Kier alpha value is -1.96. The molecule has 0 spiro atoms. The van der Waals surface area contributed by atoms with Crippen molar-refractivity contribution in [2.24, 2.45) is 0 Å². The largest absolute Gasteiger partial charge is 0.473 e. The molecule has 1 aromatic rings. The van der Waals surface area contributed by atoms with Gasteiger partial charge in [-0.15, -0.1) is 0 Å². The second kappa shape index (κ2) is 8.35. The Morgan fingerprint density at radius 1 is 1.29 bits per heavy atom. The number of nitrogens with one attached hydrogen (secondary N) is 1. The van der Waals surface area contributed by atoms with Crippen molar-refractivity contribution in [2.75, 3.05) is 38.1 Å². The van der Waals surface area contributed by atoms with Crippen LogP contribution in [-0.4, -0.2) is 52.6 Å². The molecule has 21 heavy (non-hydrogen) atoms. The average molecular weight is 297 g/mol. The molecule has 0 aromatic carbocycles. The number of aryl methyl sites for hydroxylation is 1. The molecule has 1 heterocycles. The number of anilines is 1. The molecule has 8 nitrogen and oxygen atoms in total. The fraction of sp³-hybridized carbons (Fsp3) is 0.692. The van der Waals surface area contributed by atoms with Crippen molar-refractivity contribution >= 4 is 11.5 Å². The normalized spacial score (nSPS) is 10.7. The molecule has 0 atom stereocenters. The Morgan fingerprint density at radius 3 is 2.48 bits per heavy atom. The highest BCUT2D eigenvalue weighted by atomic mass is 16.6. The fourth-order valence-corrected chi connectivity index (χ4v) is 1.94. The summed E-state index contributed by atoms with van der Waals surface area (Å²) in [5.41, 5.74) is -0.206. The Kier molecular flexibility index (Phi) is 6.80. The highest BCUT2D eigenvalue weighted by Gasteiger charge is 2.25. The van der Waals surface area contributed by atoms with E-state index in [0.717, 1.165) is 19.6 Å². The van der Waals surface area contributed by atoms with Crippen molar-refractivity contribution in [3.05, 3.63) is 15.9 Å². The Labute approximate surface area is 124 Å². The van der Waals surface area contributed by atoms with Gasteiger partial charge in [-0.1, -0.05) is 13.8 Å². The molecule has 0 aliphatic carbocycles. The summed E-state index contributed by atoms with van der Waals surface area (Å²) in [5.74, 6) is 0.665. The number of rotatable bonds is 9. The highest BCUT2D eigenvalue weighted by Crippen LogP contribution is 2.31. The van der Waals surface area contributed by atoms with Gasteiger partial charge in [-0.05, 0) is 26.9 Å². The third kappa shape index (κ3) is 4.82. The van der Waals surface area contributed by atoms with Gasteiger partial charge in [-0.3, -0.25) is 10.1 Å². The summed E-state index contributed by atoms with van der Waals surface area (Å²) in [6.07, 6.45) is 0. The van der Waals surface area contributed by atoms with E-state index >= 15 is 0 Å². The van der Waals surface area contributed by atoms with Gasteiger partial charge in [0.15, 0.2) is 0 Å². The maximum atomic E-state index is 11.2. The molecule has 1 N–H and O–H groups in total. The van der Waals surface area contributed by atoms with E-state index in [4.69, 9.17) is 4.74 Å². The summed E-state index contributed by atoms with van der Waals surface area (Å²) in [4.78, 5) is 21.1. The van der Waals surface area contributed by atoms with E-state index in [0.29, 0.717) is 19.0 Å². The second-order valence-electron chi connectivity index (χ2n) is 4.42. The minimum absolute atomic E-state index is 0.0142. The van der Waals surface area contributed by atoms with E-state index in [-0.39, 0.29) is 17.4 Å². The molecule has 0 bridgehead atoms. The van der Waals surface area contributed by atoms with Crippen LogP contribution >= 0.6 is 0 Å². The highest BCUT2D eigenvalue weighted by molar-refractivity contribution is 5.61. The van der Waals surface area contributed by atoms with Crippen molar-refractivity contribution < 1.29 is 9.66 Å². The zero-order valence-corrected chi connectivity index (χ0v) is 13.0. The van der Waals surface area contributed by atoms with Crippen LogP contribution in [-0.2, 0) is 0 Å². The van der Waals surface area contributed by atoms with E-state index in [1.54, 1.807) is 13.8 Å². The minimum atomic E-state index is -0.510. The molecule has 0 saturated heterocycles. The molecule has 8 heteroatoms. The molecule has 0 aliphatic rings. The molecule has 0 fully saturated rings. The lowest BCUT2D eigenvalue weighted by Gasteiger charge is -2.18. The van der Waals surface area contributed by atoms with E-state index < -0.39 is 4.92 Å². The summed E-state index contributed by atoms with van der Waals surface area (Å²) in [6, 6.07) is 0. The van der Waals surface area contributed by atoms with Crippen LogP contribution in [0.4, 0.5) is 11.5 Å². The van der Waals surface area contributed by atoms with Crippen molar-refractivity contribution in [3.63, 3.8) is 0 Å². The molecule has 0 aliphatic heterocycles. The number of hydrogen-bond donors (Lipinski definition) is 1. The van der Waals surface area contributed by atoms with Crippen LogP contribution in [0.15, 0.2) is 0 Å². The third-order valence-corrected chi connectivity index (χ3v) is 3.04. The van der Waals surface area contributed by atoms with Gasteiger partial charge >= 0.3 is 5.69 Å². The first-order valence-corrected chi connectivity index (χ1v) is 7.15. The quantitative estimate of drug-likeness (QED) is 0.549.